The molecular formula is C15H28N2O2. The Kier molecular flexibility index (Phi) is 4.99. The summed E-state index contributed by atoms with van der Waals surface area (Å²) < 4.78 is 0. The maximum absolute atomic E-state index is 12.7. The number of rotatable bonds is 5. The van der Waals surface area contributed by atoms with Gasteiger partial charge in [-0.25, -0.2) is 0 Å². The molecule has 110 valence electrons. The van der Waals surface area contributed by atoms with Crippen LogP contribution in [0.15, 0.2) is 0 Å². The summed E-state index contributed by atoms with van der Waals surface area (Å²) in [6, 6.07) is -0.174. The van der Waals surface area contributed by atoms with Crippen LogP contribution in [0.2, 0.25) is 0 Å². The topological polar surface area (TPSA) is 49.4 Å². The molecule has 0 aromatic rings. The molecule has 1 fully saturated rings. The summed E-state index contributed by atoms with van der Waals surface area (Å²) in [5.41, 5.74) is -0.788. The van der Waals surface area contributed by atoms with E-state index in [9.17, 15) is 9.59 Å². The molecule has 1 N–H and O–H groups in total. The molecule has 0 spiro atoms. The molecule has 0 aliphatic carbocycles. The average Bonchev–Trinajstić information content (AvgIpc) is 2.29. The Bertz CT molecular complexity index is 350. The van der Waals surface area contributed by atoms with Crippen LogP contribution in [0, 0.1) is 5.92 Å². The van der Waals surface area contributed by atoms with Gasteiger partial charge in [0.25, 0.3) is 0 Å². The molecule has 2 atom stereocenters. The van der Waals surface area contributed by atoms with Gasteiger partial charge < -0.3 is 10.2 Å². The molecule has 19 heavy (non-hydrogen) atoms. The van der Waals surface area contributed by atoms with Gasteiger partial charge >= 0.3 is 0 Å². The second-order valence-electron chi connectivity index (χ2n) is 6.37. The number of amides is 2. The molecule has 0 saturated carbocycles. The summed E-state index contributed by atoms with van der Waals surface area (Å²) in [6.45, 7) is 11.8. The van der Waals surface area contributed by atoms with E-state index in [-0.39, 0.29) is 29.8 Å². The molecule has 2 unspecified atom stereocenters. The lowest BCUT2D eigenvalue weighted by Gasteiger charge is -2.47. The van der Waals surface area contributed by atoms with Crippen molar-refractivity contribution < 1.29 is 9.59 Å². The van der Waals surface area contributed by atoms with Crippen molar-refractivity contribution in [2.45, 2.75) is 78.4 Å². The zero-order chi connectivity index (χ0) is 14.8. The largest absolute Gasteiger partial charge is 0.340 e. The van der Waals surface area contributed by atoms with Gasteiger partial charge in [0, 0.05) is 6.04 Å². The molecule has 0 aromatic carbocycles. The lowest BCUT2D eigenvalue weighted by Crippen LogP contribution is -2.71. The predicted molar refractivity (Wildman–Crippen MR) is 76.7 cm³/mol. The highest BCUT2D eigenvalue weighted by molar-refractivity contribution is 5.99. The van der Waals surface area contributed by atoms with E-state index in [2.05, 4.69) is 19.2 Å². The minimum absolute atomic E-state index is 0.0193. The van der Waals surface area contributed by atoms with E-state index < -0.39 is 5.54 Å². The van der Waals surface area contributed by atoms with E-state index in [1.807, 2.05) is 18.7 Å². The van der Waals surface area contributed by atoms with Crippen molar-refractivity contribution in [1.82, 2.24) is 10.2 Å². The van der Waals surface area contributed by atoms with E-state index >= 15 is 0 Å². The van der Waals surface area contributed by atoms with Gasteiger partial charge in [-0.05, 0) is 32.6 Å². The number of carbonyl (C=O) groups excluding carboxylic acids is 2. The Balaban J connectivity index is 3.15. The van der Waals surface area contributed by atoms with Gasteiger partial charge in [0.05, 0.1) is 0 Å². The van der Waals surface area contributed by atoms with Crippen LogP contribution in [0.25, 0.3) is 0 Å². The van der Waals surface area contributed by atoms with Crippen LogP contribution in [0.1, 0.15) is 60.8 Å². The van der Waals surface area contributed by atoms with Crippen LogP contribution in [-0.4, -0.2) is 34.3 Å². The molecule has 1 heterocycles. The van der Waals surface area contributed by atoms with Crippen LogP contribution in [0.5, 0.6) is 0 Å². The first kappa shape index (κ1) is 16.0. The van der Waals surface area contributed by atoms with Crippen molar-refractivity contribution in [2.24, 2.45) is 5.92 Å². The molecule has 1 saturated heterocycles. The third kappa shape index (κ3) is 3.10. The Labute approximate surface area is 116 Å². The summed E-state index contributed by atoms with van der Waals surface area (Å²) in [6.07, 6.45) is 2.87. The van der Waals surface area contributed by atoms with Crippen LogP contribution < -0.4 is 5.32 Å². The molecule has 1 aliphatic rings. The minimum Gasteiger partial charge on any atom is -0.340 e. The zero-order valence-electron chi connectivity index (χ0n) is 13.1. The van der Waals surface area contributed by atoms with Crippen LogP contribution in [0.4, 0.5) is 0 Å². The molecule has 4 heteroatoms. The lowest BCUT2D eigenvalue weighted by molar-refractivity contribution is -0.158. The maximum atomic E-state index is 12.7. The van der Waals surface area contributed by atoms with Gasteiger partial charge in [0.1, 0.15) is 11.6 Å². The fourth-order valence-corrected chi connectivity index (χ4v) is 2.90. The van der Waals surface area contributed by atoms with Gasteiger partial charge in [-0.2, -0.15) is 0 Å². The Morgan fingerprint density at radius 1 is 1.26 bits per heavy atom. The molecule has 0 bridgehead atoms. The van der Waals surface area contributed by atoms with Crippen molar-refractivity contribution in [3.05, 3.63) is 0 Å². The van der Waals surface area contributed by atoms with Gasteiger partial charge in [0.2, 0.25) is 11.8 Å². The maximum Gasteiger partial charge on any atom is 0.248 e. The Morgan fingerprint density at radius 2 is 1.84 bits per heavy atom. The van der Waals surface area contributed by atoms with Crippen molar-refractivity contribution in [2.75, 3.05) is 0 Å². The van der Waals surface area contributed by atoms with Crippen molar-refractivity contribution in [3.8, 4) is 0 Å². The second-order valence-corrected chi connectivity index (χ2v) is 6.37. The highest BCUT2D eigenvalue weighted by Gasteiger charge is 2.48. The lowest BCUT2D eigenvalue weighted by atomic mass is 9.88. The van der Waals surface area contributed by atoms with Gasteiger partial charge in [-0.1, -0.05) is 34.1 Å². The first-order chi connectivity index (χ1) is 8.76. The number of piperazine rings is 1. The van der Waals surface area contributed by atoms with Crippen molar-refractivity contribution >= 4 is 11.8 Å². The summed E-state index contributed by atoms with van der Waals surface area (Å²) >= 11 is 0. The molecule has 4 nitrogen and oxygen atoms in total. The average molecular weight is 268 g/mol. The summed E-state index contributed by atoms with van der Waals surface area (Å²) in [5.74, 6) is 0.159. The van der Waals surface area contributed by atoms with Gasteiger partial charge in [-0.3, -0.25) is 9.59 Å². The summed E-state index contributed by atoms with van der Waals surface area (Å²) in [7, 11) is 0. The predicted octanol–water partition coefficient (Wildman–Crippen LogP) is 2.33. The zero-order valence-corrected chi connectivity index (χ0v) is 13.1. The molecule has 1 aliphatic heterocycles. The Morgan fingerprint density at radius 3 is 2.26 bits per heavy atom. The van der Waals surface area contributed by atoms with Crippen molar-refractivity contribution in [3.63, 3.8) is 0 Å². The first-order valence-electron chi connectivity index (χ1n) is 7.41. The Hall–Kier alpha value is -1.06. The van der Waals surface area contributed by atoms with Crippen LogP contribution >= 0.6 is 0 Å². The standard InChI is InChI=1S/C15H28N2O2/c1-7-9-11(8-2)17-12(10(3)4)13(18)16-15(5,6)14(17)19/h10-12H,7-9H2,1-6H3,(H,16,18). The van der Waals surface area contributed by atoms with E-state index in [4.69, 9.17) is 0 Å². The smallest absolute Gasteiger partial charge is 0.248 e. The summed E-state index contributed by atoms with van der Waals surface area (Å²) in [4.78, 5) is 26.9. The van der Waals surface area contributed by atoms with E-state index in [0.29, 0.717) is 0 Å². The van der Waals surface area contributed by atoms with Crippen LogP contribution in [0.3, 0.4) is 0 Å². The number of hydrogen-bond donors (Lipinski definition) is 1. The minimum atomic E-state index is -0.788. The number of hydrogen-bond acceptors (Lipinski definition) is 2. The highest BCUT2D eigenvalue weighted by Crippen LogP contribution is 2.27. The van der Waals surface area contributed by atoms with E-state index in [1.54, 1.807) is 13.8 Å². The molecular weight excluding hydrogens is 240 g/mol. The third-order valence-electron chi connectivity index (χ3n) is 3.89. The molecule has 2 amide bonds. The number of nitrogens with one attached hydrogen (secondary N) is 1. The van der Waals surface area contributed by atoms with Crippen molar-refractivity contribution in [1.29, 1.82) is 0 Å². The van der Waals surface area contributed by atoms with E-state index in [0.717, 1.165) is 19.3 Å². The fraction of sp³-hybridized carbons (Fsp3) is 0.867. The van der Waals surface area contributed by atoms with Crippen LogP contribution in [-0.2, 0) is 9.59 Å². The molecule has 1 rings (SSSR count). The third-order valence-corrected chi connectivity index (χ3v) is 3.89. The molecule has 0 radical (unpaired) electrons. The summed E-state index contributed by atoms with van der Waals surface area (Å²) in [5, 5.41) is 2.86. The highest BCUT2D eigenvalue weighted by atomic mass is 16.2. The SMILES string of the molecule is CCCC(CC)N1C(=O)C(C)(C)NC(=O)C1C(C)C. The fourth-order valence-electron chi connectivity index (χ4n) is 2.90. The number of nitrogens with zero attached hydrogens (tertiary/aromatic N) is 1. The van der Waals surface area contributed by atoms with Gasteiger partial charge in [-0.15, -0.1) is 0 Å². The van der Waals surface area contributed by atoms with E-state index in [1.165, 1.54) is 0 Å². The quantitative estimate of drug-likeness (QED) is 0.832. The first-order valence-corrected chi connectivity index (χ1v) is 7.41. The monoisotopic (exact) mass is 268 g/mol. The second kappa shape index (κ2) is 5.93. The van der Waals surface area contributed by atoms with Gasteiger partial charge in [0.15, 0.2) is 0 Å². The number of carbonyl (C=O) groups is 2. The normalized spacial score (nSPS) is 24.6. The molecule has 0 aromatic heterocycles.